The molecule has 1 aliphatic heterocycles. The minimum Gasteiger partial charge on any atom is -0.371 e. The van der Waals surface area contributed by atoms with E-state index in [1.807, 2.05) is 0 Å². The van der Waals surface area contributed by atoms with Crippen LogP contribution in [0.15, 0.2) is 34.0 Å². The van der Waals surface area contributed by atoms with Gasteiger partial charge in [-0.15, -0.1) is 0 Å². The molecule has 1 aliphatic rings. The molecular weight excluding hydrogens is 440 g/mol. The molecule has 0 bridgehead atoms. The fourth-order valence-corrected chi connectivity index (χ4v) is 5.60. The number of benzene rings is 1. The van der Waals surface area contributed by atoms with E-state index in [0.717, 1.165) is 48.2 Å². The summed E-state index contributed by atoms with van der Waals surface area (Å²) in [5.41, 5.74) is 8.27. The molecule has 1 aromatic carbocycles. The van der Waals surface area contributed by atoms with Crippen LogP contribution in [-0.2, 0) is 0 Å². The predicted molar refractivity (Wildman–Crippen MR) is 128 cm³/mol. The Kier molecular flexibility index (Phi) is 5.96. The molecule has 0 unspecified atom stereocenters. The van der Waals surface area contributed by atoms with Crippen molar-refractivity contribution in [2.45, 2.75) is 47.0 Å². The zero-order valence-electron chi connectivity index (χ0n) is 18.2. The van der Waals surface area contributed by atoms with Crippen LogP contribution in [-0.4, -0.2) is 29.2 Å². The second-order valence-electron chi connectivity index (χ2n) is 8.62. The Morgan fingerprint density at radius 2 is 1.73 bits per heavy atom. The standard InChI is InChI=1S/C24H29BrN4O/c1-15-11-20(25)12-16(2)23(15)29-14-17(3)22-21(13-18(4)27-24(22)29)28-9-6-19(7-10-28)5-8-26-30/h11-14,19H,5-10H2,1-4H3. The van der Waals surface area contributed by atoms with Gasteiger partial charge in [-0.1, -0.05) is 21.1 Å². The third-order valence-corrected chi connectivity index (χ3v) is 6.79. The molecule has 6 heteroatoms. The van der Waals surface area contributed by atoms with E-state index in [-0.39, 0.29) is 0 Å². The molecule has 5 nitrogen and oxygen atoms in total. The van der Waals surface area contributed by atoms with Gasteiger partial charge in [-0.3, -0.25) is 0 Å². The number of aromatic nitrogens is 2. The maximum absolute atomic E-state index is 10.5. The molecule has 158 valence electrons. The number of rotatable bonds is 5. The molecule has 1 fully saturated rings. The van der Waals surface area contributed by atoms with Crippen LogP contribution >= 0.6 is 15.9 Å². The fourth-order valence-electron chi connectivity index (χ4n) is 4.91. The smallest absolute Gasteiger partial charge is 0.147 e. The largest absolute Gasteiger partial charge is 0.371 e. The summed E-state index contributed by atoms with van der Waals surface area (Å²) in [7, 11) is 0. The van der Waals surface area contributed by atoms with E-state index in [2.05, 4.69) is 82.7 Å². The van der Waals surface area contributed by atoms with Crippen molar-refractivity contribution >= 4 is 32.7 Å². The lowest BCUT2D eigenvalue weighted by atomic mass is 9.93. The van der Waals surface area contributed by atoms with Crippen LogP contribution < -0.4 is 4.90 Å². The van der Waals surface area contributed by atoms with Gasteiger partial charge < -0.3 is 9.47 Å². The molecule has 0 N–H and O–H groups in total. The van der Waals surface area contributed by atoms with E-state index in [0.29, 0.717) is 12.5 Å². The van der Waals surface area contributed by atoms with E-state index in [4.69, 9.17) is 4.98 Å². The van der Waals surface area contributed by atoms with Gasteiger partial charge in [0.25, 0.3) is 0 Å². The molecule has 4 rings (SSSR count). The van der Waals surface area contributed by atoms with Crippen LogP contribution in [0, 0.1) is 38.5 Å². The number of anilines is 1. The first kappa shape index (κ1) is 21.0. The van der Waals surface area contributed by atoms with Gasteiger partial charge in [0.2, 0.25) is 0 Å². The summed E-state index contributed by atoms with van der Waals surface area (Å²) in [4.78, 5) is 17.9. The van der Waals surface area contributed by atoms with Gasteiger partial charge in [0.15, 0.2) is 0 Å². The summed E-state index contributed by atoms with van der Waals surface area (Å²) in [6, 6.07) is 6.56. The molecular formula is C24H29BrN4O. The van der Waals surface area contributed by atoms with E-state index in [1.165, 1.54) is 33.5 Å². The average Bonchev–Trinajstić information content (AvgIpc) is 3.01. The number of nitroso groups, excluding NO2 is 1. The average molecular weight is 469 g/mol. The lowest BCUT2D eigenvalue weighted by Gasteiger charge is -2.34. The van der Waals surface area contributed by atoms with Gasteiger partial charge in [0.05, 0.1) is 12.2 Å². The molecule has 0 aliphatic carbocycles. The van der Waals surface area contributed by atoms with Gasteiger partial charge in [-0.05, 0) is 87.8 Å². The zero-order chi connectivity index (χ0) is 21.4. The van der Waals surface area contributed by atoms with Gasteiger partial charge in [0, 0.05) is 40.5 Å². The molecule has 3 heterocycles. The highest BCUT2D eigenvalue weighted by Gasteiger charge is 2.23. The Bertz CT molecular complexity index is 1070. The molecule has 30 heavy (non-hydrogen) atoms. The van der Waals surface area contributed by atoms with Crippen molar-refractivity contribution in [2.24, 2.45) is 11.1 Å². The summed E-state index contributed by atoms with van der Waals surface area (Å²) in [6.45, 7) is 11.1. The van der Waals surface area contributed by atoms with Crippen LogP contribution in [0.5, 0.6) is 0 Å². The maximum atomic E-state index is 10.5. The highest BCUT2D eigenvalue weighted by Crippen LogP contribution is 2.36. The topological polar surface area (TPSA) is 50.5 Å². The first-order valence-electron chi connectivity index (χ1n) is 10.7. The van der Waals surface area contributed by atoms with Crippen molar-refractivity contribution in [3.63, 3.8) is 0 Å². The number of hydrogen-bond acceptors (Lipinski definition) is 4. The van der Waals surface area contributed by atoms with Crippen molar-refractivity contribution in [2.75, 3.05) is 24.5 Å². The van der Waals surface area contributed by atoms with Crippen molar-refractivity contribution in [3.05, 3.63) is 56.2 Å². The Morgan fingerprint density at radius 3 is 2.37 bits per heavy atom. The van der Waals surface area contributed by atoms with Gasteiger partial charge in [0.1, 0.15) is 5.65 Å². The highest BCUT2D eigenvalue weighted by molar-refractivity contribution is 9.10. The van der Waals surface area contributed by atoms with E-state index in [1.54, 1.807) is 0 Å². The van der Waals surface area contributed by atoms with Crippen molar-refractivity contribution < 1.29 is 0 Å². The number of pyridine rings is 1. The van der Waals surface area contributed by atoms with Gasteiger partial charge in [-0.25, -0.2) is 4.98 Å². The molecule has 0 saturated carbocycles. The third kappa shape index (κ3) is 3.89. The third-order valence-electron chi connectivity index (χ3n) is 6.33. The first-order valence-corrected chi connectivity index (χ1v) is 11.5. The van der Waals surface area contributed by atoms with E-state index in [9.17, 15) is 4.91 Å². The van der Waals surface area contributed by atoms with Crippen molar-refractivity contribution in [1.29, 1.82) is 0 Å². The van der Waals surface area contributed by atoms with Gasteiger partial charge >= 0.3 is 0 Å². The first-order chi connectivity index (χ1) is 14.4. The second kappa shape index (κ2) is 8.50. The number of aryl methyl sites for hydroxylation is 4. The molecule has 1 saturated heterocycles. The SMILES string of the molecule is Cc1cc(N2CCC(CCN=O)CC2)c2c(C)cn(-c3c(C)cc(Br)cc3C)c2n1. The van der Waals surface area contributed by atoms with Crippen LogP contribution in [0.3, 0.4) is 0 Å². The zero-order valence-corrected chi connectivity index (χ0v) is 19.8. The Hall–Kier alpha value is -2.21. The van der Waals surface area contributed by atoms with Crippen molar-refractivity contribution in [3.8, 4) is 5.69 Å². The van der Waals surface area contributed by atoms with Crippen LogP contribution in [0.4, 0.5) is 5.69 Å². The van der Waals surface area contributed by atoms with E-state index < -0.39 is 0 Å². The molecule has 3 aromatic rings. The molecule has 0 spiro atoms. The molecule has 0 atom stereocenters. The number of halogens is 1. The Balaban J connectivity index is 1.77. The fraction of sp³-hybridized carbons (Fsp3) is 0.458. The monoisotopic (exact) mass is 468 g/mol. The number of nitrogens with zero attached hydrogens (tertiary/aromatic N) is 4. The quantitative estimate of drug-likeness (QED) is 0.407. The minimum absolute atomic E-state index is 0.442. The van der Waals surface area contributed by atoms with Crippen LogP contribution in [0.2, 0.25) is 0 Å². The second-order valence-corrected chi connectivity index (χ2v) is 9.54. The normalized spacial score (nSPS) is 15.2. The summed E-state index contributed by atoms with van der Waals surface area (Å²) < 4.78 is 3.37. The predicted octanol–water partition coefficient (Wildman–Crippen LogP) is 6.39. The summed E-state index contributed by atoms with van der Waals surface area (Å²) in [5, 5.41) is 4.29. The minimum atomic E-state index is 0.442. The highest BCUT2D eigenvalue weighted by atomic mass is 79.9. The molecule has 2 aromatic heterocycles. The van der Waals surface area contributed by atoms with Crippen LogP contribution in [0.1, 0.15) is 41.6 Å². The maximum Gasteiger partial charge on any atom is 0.147 e. The van der Waals surface area contributed by atoms with Crippen LogP contribution in [0.25, 0.3) is 16.7 Å². The number of hydrogen-bond donors (Lipinski definition) is 0. The summed E-state index contributed by atoms with van der Waals surface area (Å²) >= 11 is 3.62. The summed E-state index contributed by atoms with van der Waals surface area (Å²) in [6.07, 6.45) is 5.37. The lowest BCUT2D eigenvalue weighted by Crippen LogP contribution is -2.34. The Morgan fingerprint density at radius 1 is 1.07 bits per heavy atom. The number of fused-ring (bicyclic) bond motifs is 1. The van der Waals surface area contributed by atoms with Crippen molar-refractivity contribution in [1.82, 2.24) is 9.55 Å². The lowest BCUT2D eigenvalue weighted by molar-refractivity contribution is 0.386. The summed E-state index contributed by atoms with van der Waals surface area (Å²) in [5.74, 6) is 0.608. The Labute approximate surface area is 186 Å². The van der Waals surface area contributed by atoms with Gasteiger partial charge in [-0.2, -0.15) is 4.91 Å². The molecule has 0 amide bonds. The molecule has 0 radical (unpaired) electrons. The number of piperidine rings is 1. The van der Waals surface area contributed by atoms with E-state index >= 15 is 0 Å².